The van der Waals surface area contributed by atoms with Crippen LogP contribution < -0.4 is 5.32 Å². The van der Waals surface area contributed by atoms with Crippen LogP contribution in [0.1, 0.15) is 34.6 Å². The smallest absolute Gasteiger partial charge is 0.273 e. The molecule has 8 heteroatoms. The van der Waals surface area contributed by atoms with E-state index in [0.29, 0.717) is 5.56 Å². The Labute approximate surface area is 139 Å². The van der Waals surface area contributed by atoms with Gasteiger partial charge in [-0.1, -0.05) is 17.3 Å². The molecule has 0 aliphatic rings. The maximum Gasteiger partial charge on any atom is 0.273 e. The molecule has 0 spiro atoms. The summed E-state index contributed by atoms with van der Waals surface area (Å²) in [7, 11) is 3.29. The zero-order chi connectivity index (χ0) is 17.7. The highest BCUT2D eigenvalue weighted by Crippen LogP contribution is 2.13. The van der Waals surface area contributed by atoms with Crippen molar-refractivity contribution in [3.05, 3.63) is 47.3 Å². The normalized spacial score (nSPS) is 11.4. The van der Waals surface area contributed by atoms with Crippen molar-refractivity contribution < 1.29 is 9.59 Å². The van der Waals surface area contributed by atoms with Crippen LogP contribution in [0.4, 0.5) is 0 Å². The van der Waals surface area contributed by atoms with Crippen LogP contribution in [0.15, 0.2) is 30.5 Å². The van der Waals surface area contributed by atoms with Crippen LogP contribution in [0.25, 0.3) is 0 Å². The minimum absolute atomic E-state index is 0.0262. The van der Waals surface area contributed by atoms with Gasteiger partial charge in [-0.3, -0.25) is 9.59 Å². The van der Waals surface area contributed by atoms with E-state index in [1.807, 2.05) is 13.0 Å². The molecule has 0 bridgehead atoms. The Morgan fingerprint density at radius 1 is 1.33 bits per heavy atom. The number of hydrogen-bond acceptors (Lipinski definition) is 5. The van der Waals surface area contributed by atoms with E-state index in [0.717, 1.165) is 5.56 Å². The second kappa shape index (κ2) is 7.37. The van der Waals surface area contributed by atoms with Crippen molar-refractivity contribution in [3.8, 4) is 6.07 Å². The quantitative estimate of drug-likeness (QED) is 0.872. The van der Waals surface area contributed by atoms with E-state index in [4.69, 9.17) is 5.26 Å². The fourth-order valence-electron chi connectivity index (χ4n) is 1.96. The number of carbonyl (C=O) groups is 2. The van der Waals surface area contributed by atoms with Gasteiger partial charge in [0.15, 0.2) is 5.69 Å². The predicted octanol–water partition coefficient (Wildman–Crippen LogP) is 0.729. The summed E-state index contributed by atoms with van der Waals surface area (Å²) in [5.41, 5.74) is 1.57. The maximum absolute atomic E-state index is 12.2. The summed E-state index contributed by atoms with van der Waals surface area (Å²) in [4.78, 5) is 25.3. The highest BCUT2D eigenvalue weighted by Gasteiger charge is 2.16. The fourth-order valence-corrected chi connectivity index (χ4v) is 1.96. The van der Waals surface area contributed by atoms with Gasteiger partial charge in [0.05, 0.1) is 23.9 Å². The van der Waals surface area contributed by atoms with Crippen LogP contribution in [-0.2, 0) is 11.3 Å². The lowest BCUT2D eigenvalue weighted by atomic mass is 10.1. The number of aromatic nitrogens is 3. The summed E-state index contributed by atoms with van der Waals surface area (Å²) in [5, 5.41) is 19.2. The van der Waals surface area contributed by atoms with Crippen molar-refractivity contribution in [3.63, 3.8) is 0 Å². The maximum atomic E-state index is 12.2. The molecule has 1 heterocycles. The summed E-state index contributed by atoms with van der Waals surface area (Å²) in [6.07, 6.45) is 1.43. The fraction of sp³-hybridized carbons (Fsp3) is 0.312. The van der Waals surface area contributed by atoms with Gasteiger partial charge in [0.1, 0.15) is 6.54 Å². The molecule has 0 fully saturated rings. The number of nitrogens with one attached hydrogen (secondary N) is 1. The molecule has 2 amide bonds. The minimum Gasteiger partial charge on any atom is -0.347 e. The Bertz CT molecular complexity index is 773. The summed E-state index contributed by atoms with van der Waals surface area (Å²) in [6.45, 7) is 1.86. The lowest BCUT2D eigenvalue weighted by Gasteiger charge is -2.13. The topological polar surface area (TPSA) is 104 Å². The molecule has 2 aromatic rings. The van der Waals surface area contributed by atoms with Crippen molar-refractivity contribution >= 4 is 11.8 Å². The number of benzene rings is 1. The molecule has 124 valence electrons. The van der Waals surface area contributed by atoms with E-state index >= 15 is 0 Å². The number of nitrogens with zero attached hydrogens (tertiary/aromatic N) is 5. The Kier molecular flexibility index (Phi) is 5.27. The van der Waals surface area contributed by atoms with Gasteiger partial charge in [-0.15, -0.1) is 5.10 Å². The van der Waals surface area contributed by atoms with E-state index < -0.39 is 0 Å². The van der Waals surface area contributed by atoms with Crippen LogP contribution in [0.5, 0.6) is 0 Å². The molecule has 1 atom stereocenters. The van der Waals surface area contributed by atoms with Crippen LogP contribution in [0.3, 0.4) is 0 Å². The molecule has 1 aromatic carbocycles. The molecule has 0 aliphatic carbocycles. The van der Waals surface area contributed by atoms with Gasteiger partial charge in [-0.2, -0.15) is 5.26 Å². The molecule has 1 unspecified atom stereocenters. The highest BCUT2D eigenvalue weighted by atomic mass is 16.2. The Morgan fingerprint density at radius 2 is 2.00 bits per heavy atom. The highest BCUT2D eigenvalue weighted by molar-refractivity contribution is 5.92. The second-order valence-corrected chi connectivity index (χ2v) is 5.52. The first-order valence-electron chi connectivity index (χ1n) is 7.32. The largest absolute Gasteiger partial charge is 0.347 e. The molecular formula is C16H18N6O2. The summed E-state index contributed by atoms with van der Waals surface area (Å²) in [5.74, 6) is -0.520. The number of amides is 2. The first-order valence-corrected chi connectivity index (χ1v) is 7.32. The van der Waals surface area contributed by atoms with Crippen molar-refractivity contribution in [2.75, 3.05) is 14.1 Å². The molecular weight excluding hydrogens is 308 g/mol. The second-order valence-electron chi connectivity index (χ2n) is 5.52. The SMILES string of the molecule is CC(NC(=O)c1cn(CC(=O)N(C)C)nn1)c1ccc(C#N)cc1. The predicted molar refractivity (Wildman–Crippen MR) is 85.8 cm³/mol. The van der Waals surface area contributed by atoms with Gasteiger partial charge in [-0.05, 0) is 24.6 Å². The standard InChI is InChI=1S/C16H18N6O2/c1-11(13-6-4-12(8-17)5-7-13)18-16(24)14-9-22(20-19-14)10-15(23)21(2)3/h4-7,9,11H,10H2,1-3H3,(H,18,24). The zero-order valence-electron chi connectivity index (χ0n) is 13.7. The lowest BCUT2D eigenvalue weighted by molar-refractivity contribution is -0.129. The number of rotatable bonds is 5. The lowest BCUT2D eigenvalue weighted by Crippen LogP contribution is -2.27. The number of likely N-dealkylation sites (N-methyl/N-ethyl adjacent to an activating group) is 1. The van der Waals surface area contributed by atoms with Gasteiger partial charge < -0.3 is 10.2 Å². The monoisotopic (exact) mass is 326 g/mol. The first-order chi connectivity index (χ1) is 11.4. The van der Waals surface area contributed by atoms with Crippen LogP contribution in [0, 0.1) is 11.3 Å². The van der Waals surface area contributed by atoms with Crippen LogP contribution in [-0.4, -0.2) is 45.8 Å². The molecule has 0 radical (unpaired) electrons. The van der Waals surface area contributed by atoms with Gasteiger partial charge >= 0.3 is 0 Å². The van der Waals surface area contributed by atoms with Crippen molar-refractivity contribution in [2.45, 2.75) is 19.5 Å². The molecule has 8 nitrogen and oxygen atoms in total. The summed E-state index contributed by atoms with van der Waals surface area (Å²) < 4.78 is 1.32. The molecule has 2 rings (SSSR count). The average molecular weight is 326 g/mol. The first kappa shape index (κ1) is 17.1. The van der Waals surface area contributed by atoms with Crippen molar-refractivity contribution in [1.82, 2.24) is 25.2 Å². The molecule has 0 saturated heterocycles. The summed E-state index contributed by atoms with van der Waals surface area (Å²) in [6, 6.07) is 8.76. The number of carbonyl (C=O) groups excluding carboxylic acids is 2. The Balaban J connectivity index is 2.00. The van der Waals surface area contributed by atoms with E-state index in [-0.39, 0.29) is 30.1 Å². The van der Waals surface area contributed by atoms with E-state index in [1.54, 1.807) is 38.4 Å². The van der Waals surface area contributed by atoms with Gasteiger partial charge in [0, 0.05) is 14.1 Å². The van der Waals surface area contributed by atoms with E-state index in [9.17, 15) is 9.59 Å². The third-order valence-corrected chi connectivity index (χ3v) is 3.45. The van der Waals surface area contributed by atoms with E-state index in [2.05, 4.69) is 15.6 Å². The Morgan fingerprint density at radius 3 is 2.58 bits per heavy atom. The van der Waals surface area contributed by atoms with Gasteiger partial charge in [0.25, 0.3) is 5.91 Å². The van der Waals surface area contributed by atoms with Crippen molar-refractivity contribution in [2.24, 2.45) is 0 Å². The number of nitriles is 1. The van der Waals surface area contributed by atoms with Crippen LogP contribution in [0.2, 0.25) is 0 Å². The molecule has 24 heavy (non-hydrogen) atoms. The van der Waals surface area contributed by atoms with E-state index in [1.165, 1.54) is 15.8 Å². The molecule has 1 aromatic heterocycles. The van der Waals surface area contributed by atoms with Gasteiger partial charge in [-0.25, -0.2) is 4.68 Å². The van der Waals surface area contributed by atoms with Crippen LogP contribution >= 0.6 is 0 Å². The zero-order valence-corrected chi connectivity index (χ0v) is 13.7. The molecule has 0 aliphatic heterocycles. The molecule has 1 N–H and O–H groups in total. The number of hydrogen-bond donors (Lipinski definition) is 1. The Hall–Kier alpha value is -3.21. The third kappa shape index (κ3) is 4.16. The minimum atomic E-state index is -0.379. The average Bonchev–Trinajstić information content (AvgIpc) is 3.03. The van der Waals surface area contributed by atoms with Gasteiger partial charge in [0.2, 0.25) is 5.91 Å². The third-order valence-electron chi connectivity index (χ3n) is 3.45. The van der Waals surface area contributed by atoms with Crippen molar-refractivity contribution in [1.29, 1.82) is 5.26 Å². The summed E-state index contributed by atoms with van der Waals surface area (Å²) >= 11 is 0. The molecule has 0 saturated carbocycles.